The van der Waals surface area contributed by atoms with Crippen LogP contribution >= 0.6 is 0 Å². The van der Waals surface area contributed by atoms with E-state index < -0.39 is 21.8 Å². The first-order chi connectivity index (χ1) is 13.4. The van der Waals surface area contributed by atoms with E-state index in [0.717, 1.165) is 15.6 Å². The third-order valence-corrected chi connectivity index (χ3v) is 6.61. The predicted molar refractivity (Wildman–Crippen MR) is 102 cm³/mol. The fourth-order valence-electron chi connectivity index (χ4n) is 3.20. The molecule has 146 valence electrons. The lowest BCUT2D eigenvalue weighted by Crippen LogP contribution is -2.32. The maximum atomic E-state index is 12.6. The molecule has 28 heavy (non-hydrogen) atoms. The van der Waals surface area contributed by atoms with E-state index in [1.54, 1.807) is 0 Å². The molecule has 2 amide bonds. The van der Waals surface area contributed by atoms with Gasteiger partial charge in [-0.25, -0.2) is 12.7 Å². The number of fused-ring (bicyclic) bond motifs is 1. The summed E-state index contributed by atoms with van der Waals surface area (Å²) < 4.78 is 31.8. The monoisotopic (exact) mass is 400 g/mol. The van der Waals surface area contributed by atoms with Crippen LogP contribution in [0, 0.1) is 6.92 Å². The fourth-order valence-corrected chi connectivity index (χ4v) is 5.04. The summed E-state index contributed by atoms with van der Waals surface area (Å²) >= 11 is 0. The number of carbonyl (C=O) groups is 2. The van der Waals surface area contributed by atoms with Gasteiger partial charge in [-0.2, -0.15) is 0 Å². The molecule has 1 heterocycles. The fraction of sp³-hybridized carbons (Fsp3) is 0.300. The number of benzene rings is 2. The zero-order chi connectivity index (χ0) is 19.9. The van der Waals surface area contributed by atoms with Gasteiger partial charge in [0.2, 0.25) is 0 Å². The van der Waals surface area contributed by atoms with Gasteiger partial charge in [0.25, 0.3) is 21.8 Å². The Morgan fingerprint density at radius 2 is 2.00 bits per heavy atom. The normalized spacial score (nSPS) is 17.3. The molecule has 1 aliphatic heterocycles. The van der Waals surface area contributed by atoms with Gasteiger partial charge >= 0.3 is 0 Å². The third-order valence-electron chi connectivity index (χ3n) is 4.74. The third kappa shape index (κ3) is 3.35. The Morgan fingerprint density at radius 3 is 2.71 bits per heavy atom. The van der Waals surface area contributed by atoms with E-state index in [4.69, 9.17) is 4.74 Å². The van der Waals surface area contributed by atoms with Gasteiger partial charge in [0.1, 0.15) is 17.3 Å². The van der Waals surface area contributed by atoms with Gasteiger partial charge in [-0.1, -0.05) is 12.1 Å². The number of hydrogen-bond acceptors (Lipinski definition) is 5. The zero-order valence-electron chi connectivity index (χ0n) is 15.3. The molecule has 0 aromatic heterocycles. The van der Waals surface area contributed by atoms with E-state index in [1.165, 1.54) is 18.2 Å². The summed E-state index contributed by atoms with van der Waals surface area (Å²) in [6.07, 6.45) is 1.38. The molecule has 0 saturated heterocycles. The summed E-state index contributed by atoms with van der Waals surface area (Å²) in [4.78, 5) is 24.7. The second kappa shape index (κ2) is 6.94. The van der Waals surface area contributed by atoms with Gasteiger partial charge < -0.3 is 10.1 Å². The zero-order valence-corrected chi connectivity index (χ0v) is 16.2. The highest BCUT2D eigenvalue weighted by molar-refractivity contribution is 7.90. The molecule has 7 nitrogen and oxygen atoms in total. The first-order valence-electron chi connectivity index (χ1n) is 9.08. The molecule has 0 bridgehead atoms. The van der Waals surface area contributed by atoms with Gasteiger partial charge in [-0.15, -0.1) is 0 Å². The van der Waals surface area contributed by atoms with Crippen LogP contribution in [0.1, 0.15) is 39.1 Å². The van der Waals surface area contributed by atoms with E-state index in [-0.39, 0.29) is 35.2 Å². The Kier molecular flexibility index (Phi) is 4.58. The average molecular weight is 400 g/mol. The minimum Gasteiger partial charge on any atom is -0.492 e. The average Bonchev–Trinajstić information content (AvgIpc) is 3.46. The van der Waals surface area contributed by atoms with Gasteiger partial charge in [-0.05, 0) is 55.7 Å². The highest BCUT2D eigenvalue weighted by Crippen LogP contribution is 2.39. The van der Waals surface area contributed by atoms with Gasteiger partial charge in [0.15, 0.2) is 0 Å². The molecule has 2 aliphatic rings. The van der Waals surface area contributed by atoms with Crippen LogP contribution in [0.5, 0.6) is 5.75 Å². The summed E-state index contributed by atoms with van der Waals surface area (Å²) in [5.74, 6) is -0.198. The van der Waals surface area contributed by atoms with Crippen LogP contribution in [-0.2, 0) is 10.0 Å². The van der Waals surface area contributed by atoms with Crippen molar-refractivity contribution in [3.8, 4) is 5.75 Å². The first kappa shape index (κ1) is 18.5. The van der Waals surface area contributed by atoms with Crippen LogP contribution in [-0.4, -0.2) is 43.7 Å². The molecule has 2 aromatic rings. The lowest BCUT2D eigenvalue weighted by Gasteiger charge is -2.13. The van der Waals surface area contributed by atoms with Crippen LogP contribution in [0.15, 0.2) is 47.4 Å². The minimum atomic E-state index is -3.87. The molecule has 1 N–H and O–H groups in total. The SMILES string of the molecule is Cc1cccc(OCCNC(=O)c2ccc3c(c2)S(=O)(=O)N(C2CC2)C3=O)c1. The number of nitrogens with one attached hydrogen (secondary N) is 1. The van der Waals surface area contributed by atoms with E-state index in [1.807, 2.05) is 31.2 Å². The molecule has 1 saturated carbocycles. The first-order valence-corrected chi connectivity index (χ1v) is 10.5. The van der Waals surface area contributed by atoms with Crippen molar-refractivity contribution >= 4 is 21.8 Å². The number of nitrogens with zero attached hydrogens (tertiary/aromatic N) is 1. The van der Waals surface area contributed by atoms with Crippen LogP contribution in [0.3, 0.4) is 0 Å². The van der Waals surface area contributed by atoms with Gasteiger partial charge in [0.05, 0.1) is 12.1 Å². The highest BCUT2D eigenvalue weighted by Gasteiger charge is 2.48. The molecule has 1 fully saturated rings. The predicted octanol–water partition coefficient (Wildman–Crippen LogP) is 2.11. The standard InChI is InChI=1S/C20H20N2O5S/c1-13-3-2-4-16(11-13)27-10-9-21-19(23)14-5-8-17-18(12-14)28(25,26)22(20(17)24)15-6-7-15/h2-5,8,11-12,15H,6-7,9-10H2,1H3,(H,21,23). The molecule has 0 unspecified atom stereocenters. The Morgan fingerprint density at radius 1 is 1.21 bits per heavy atom. The molecule has 2 aromatic carbocycles. The van der Waals surface area contributed by atoms with E-state index >= 15 is 0 Å². The van der Waals surface area contributed by atoms with Crippen molar-refractivity contribution in [2.45, 2.75) is 30.7 Å². The summed E-state index contributed by atoms with van der Waals surface area (Å²) in [5.41, 5.74) is 1.41. The minimum absolute atomic E-state index is 0.0898. The Balaban J connectivity index is 1.41. The Bertz CT molecular complexity index is 1060. The van der Waals surface area contributed by atoms with Crippen molar-refractivity contribution in [2.75, 3.05) is 13.2 Å². The topological polar surface area (TPSA) is 92.8 Å². The largest absolute Gasteiger partial charge is 0.492 e. The molecule has 0 radical (unpaired) electrons. The number of aryl methyl sites for hydroxylation is 1. The van der Waals surface area contributed by atoms with Crippen LogP contribution in [0.2, 0.25) is 0 Å². The smallest absolute Gasteiger partial charge is 0.269 e. The summed E-state index contributed by atoms with van der Waals surface area (Å²) in [6, 6.07) is 11.5. The van der Waals surface area contributed by atoms with Crippen molar-refractivity contribution in [1.82, 2.24) is 9.62 Å². The lowest BCUT2D eigenvalue weighted by atomic mass is 10.1. The van der Waals surface area contributed by atoms with E-state index in [0.29, 0.717) is 12.8 Å². The van der Waals surface area contributed by atoms with Gasteiger partial charge in [-0.3, -0.25) is 9.59 Å². The van der Waals surface area contributed by atoms with Crippen LogP contribution in [0.4, 0.5) is 0 Å². The van der Waals surface area contributed by atoms with E-state index in [2.05, 4.69) is 5.32 Å². The van der Waals surface area contributed by atoms with Gasteiger partial charge in [0, 0.05) is 11.6 Å². The molecule has 0 spiro atoms. The number of hydrogen-bond donors (Lipinski definition) is 1. The lowest BCUT2D eigenvalue weighted by molar-refractivity contribution is 0.0863. The van der Waals surface area contributed by atoms with Crippen molar-refractivity contribution in [1.29, 1.82) is 0 Å². The summed E-state index contributed by atoms with van der Waals surface area (Å²) in [5, 5.41) is 2.70. The maximum absolute atomic E-state index is 12.6. The van der Waals surface area contributed by atoms with Crippen molar-refractivity contribution < 1.29 is 22.7 Å². The Hall–Kier alpha value is -2.87. The van der Waals surface area contributed by atoms with Crippen LogP contribution in [0.25, 0.3) is 0 Å². The van der Waals surface area contributed by atoms with Crippen molar-refractivity contribution in [2.24, 2.45) is 0 Å². The number of amides is 2. The maximum Gasteiger partial charge on any atom is 0.269 e. The second-order valence-electron chi connectivity index (χ2n) is 6.97. The van der Waals surface area contributed by atoms with Crippen molar-refractivity contribution in [3.05, 3.63) is 59.2 Å². The number of ether oxygens (including phenoxy) is 1. The summed E-state index contributed by atoms with van der Waals surface area (Å²) in [6.45, 7) is 2.52. The molecule has 1 aliphatic carbocycles. The number of rotatable bonds is 6. The molecule has 0 atom stereocenters. The molecule has 8 heteroatoms. The Labute approximate surface area is 163 Å². The molecular formula is C20H20N2O5S. The summed E-state index contributed by atoms with van der Waals surface area (Å²) in [7, 11) is -3.87. The van der Waals surface area contributed by atoms with Crippen molar-refractivity contribution in [3.63, 3.8) is 0 Å². The quantitative estimate of drug-likeness (QED) is 0.750. The van der Waals surface area contributed by atoms with E-state index in [9.17, 15) is 18.0 Å². The molecule has 4 rings (SSSR count). The number of sulfonamides is 1. The van der Waals surface area contributed by atoms with Crippen LogP contribution < -0.4 is 10.1 Å². The second-order valence-corrected chi connectivity index (χ2v) is 8.75. The number of carbonyl (C=O) groups excluding carboxylic acids is 2. The highest BCUT2D eigenvalue weighted by atomic mass is 32.2. The molecular weight excluding hydrogens is 380 g/mol.